The number of nitrogens with zero attached hydrogens (tertiary/aromatic N) is 1. The molecule has 0 spiro atoms. The second kappa shape index (κ2) is 6.20. The summed E-state index contributed by atoms with van der Waals surface area (Å²) in [7, 11) is 1.72. The Bertz CT molecular complexity index is 729. The van der Waals surface area contributed by atoms with Gasteiger partial charge in [0, 0.05) is 18.2 Å². The molecule has 1 atom stereocenters. The number of aromatic hydroxyl groups is 1. The van der Waals surface area contributed by atoms with Gasteiger partial charge < -0.3 is 19.5 Å². The highest BCUT2D eigenvalue weighted by atomic mass is 16.6. The number of carbonyl (C=O) groups is 1. The Hall–Kier alpha value is -2.69. The van der Waals surface area contributed by atoms with Crippen LogP contribution in [0.1, 0.15) is 15.9 Å². The third-order valence-electron chi connectivity index (χ3n) is 3.93. The standard InChI is InChI=1S/C18H19NO4/c1-12-14(6-5-7-15(12)20)18(21)19(2)10-13-11-22-16-8-3-4-9-17(16)23-13/h3-9,13,20H,10-11H2,1-2H3/t13-/m0/s1. The quantitative estimate of drug-likeness (QED) is 0.946. The molecule has 0 aromatic heterocycles. The van der Waals surface area contributed by atoms with Gasteiger partial charge in [0.25, 0.3) is 5.91 Å². The molecule has 0 bridgehead atoms. The number of likely N-dealkylation sites (N-methyl/N-ethyl adjacent to an activating group) is 1. The smallest absolute Gasteiger partial charge is 0.254 e. The minimum atomic E-state index is -0.225. The van der Waals surface area contributed by atoms with Crippen molar-refractivity contribution >= 4 is 5.91 Å². The molecule has 0 aliphatic carbocycles. The van der Waals surface area contributed by atoms with E-state index in [9.17, 15) is 9.90 Å². The summed E-state index contributed by atoms with van der Waals surface area (Å²) in [5.74, 6) is 1.39. The van der Waals surface area contributed by atoms with Crippen molar-refractivity contribution in [2.24, 2.45) is 0 Å². The molecule has 1 heterocycles. The number of rotatable bonds is 3. The molecule has 3 rings (SSSR count). The first kappa shape index (κ1) is 15.2. The van der Waals surface area contributed by atoms with E-state index in [1.807, 2.05) is 24.3 Å². The lowest BCUT2D eigenvalue weighted by molar-refractivity contribution is 0.0520. The number of phenolic OH excluding ortho intramolecular Hbond substituents is 1. The predicted octanol–water partition coefficient (Wildman–Crippen LogP) is 2.61. The van der Waals surface area contributed by atoms with Crippen LogP contribution in [0.3, 0.4) is 0 Å². The van der Waals surface area contributed by atoms with E-state index in [4.69, 9.17) is 9.47 Å². The first-order valence-corrected chi connectivity index (χ1v) is 7.49. The Kier molecular flexibility index (Phi) is 4.10. The SMILES string of the molecule is Cc1c(O)cccc1C(=O)N(C)C[C@H]1COc2ccccc2O1. The van der Waals surface area contributed by atoms with Crippen LogP contribution < -0.4 is 9.47 Å². The first-order chi connectivity index (χ1) is 11.1. The monoisotopic (exact) mass is 313 g/mol. The predicted molar refractivity (Wildman–Crippen MR) is 86.2 cm³/mol. The molecule has 0 fully saturated rings. The van der Waals surface area contributed by atoms with Gasteiger partial charge >= 0.3 is 0 Å². The molecule has 1 N–H and O–H groups in total. The summed E-state index contributed by atoms with van der Waals surface area (Å²) in [5, 5.41) is 9.75. The van der Waals surface area contributed by atoms with E-state index in [0.717, 1.165) is 5.75 Å². The summed E-state index contributed by atoms with van der Waals surface area (Å²) in [5.41, 5.74) is 1.07. The summed E-state index contributed by atoms with van der Waals surface area (Å²) < 4.78 is 11.5. The van der Waals surface area contributed by atoms with Crippen LogP contribution >= 0.6 is 0 Å². The Balaban J connectivity index is 1.69. The molecular formula is C18H19NO4. The molecule has 5 heteroatoms. The lowest BCUT2D eigenvalue weighted by atomic mass is 10.1. The van der Waals surface area contributed by atoms with Crippen LogP contribution in [0.15, 0.2) is 42.5 Å². The molecule has 1 aliphatic rings. The average molecular weight is 313 g/mol. The highest BCUT2D eigenvalue weighted by Crippen LogP contribution is 2.31. The van der Waals surface area contributed by atoms with E-state index >= 15 is 0 Å². The summed E-state index contributed by atoms with van der Waals surface area (Å²) in [4.78, 5) is 14.1. The Morgan fingerprint density at radius 2 is 1.96 bits per heavy atom. The van der Waals surface area contributed by atoms with E-state index in [1.165, 1.54) is 0 Å². The largest absolute Gasteiger partial charge is 0.508 e. The van der Waals surface area contributed by atoms with E-state index in [0.29, 0.717) is 30.0 Å². The Morgan fingerprint density at radius 1 is 1.22 bits per heavy atom. The van der Waals surface area contributed by atoms with Crippen molar-refractivity contribution in [2.45, 2.75) is 13.0 Å². The number of para-hydroxylation sites is 2. The van der Waals surface area contributed by atoms with Gasteiger partial charge in [-0.1, -0.05) is 18.2 Å². The van der Waals surface area contributed by atoms with E-state index < -0.39 is 0 Å². The van der Waals surface area contributed by atoms with Gasteiger partial charge in [-0.05, 0) is 31.2 Å². The summed E-state index contributed by atoms with van der Waals surface area (Å²) in [6, 6.07) is 12.4. The molecule has 1 aliphatic heterocycles. The molecule has 120 valence electrons. The van der Waals surface area contributed by atoms with Gasteiger partial charge in [0.15, 0.2) is 17.6 Å². The third-order valence-corrected chi connectivity index (χ3v) is 3.93. The van der Waals surface area contributed by atoms with E-state index in [1.54, 1.807) is 37.1 Å². The Morgan fingerprint density at radius 3 is 2.74 bits per heavy atom. The second-order valence-corrected chi connectivity index (χ2v) is 5.63. The summed E-state index contributed by atoms with van der Waals surface area (Å²) in [6.45, 7) is 2.53. The second-order valence-electron chi connectivity index (χ2n) is 5.63. The molecule has 5 nitrogen and oxygen atoms in total. The maximum absolute atomic E-state index is 12.6. The molecule has 1 amide bonds. The van der Waals surface area contributed by atoms with Gasteiger partial charge in [0.1, 0.15) is 12.4 Å². The third kappa shape index (κ3) is 3.08. The van der Waals surface area contributed by atoms with Gasteiger partial charge in [0.05, 0.1) is 6.54 Å². The van der Waals surface area contributed by atoms with Crippen molar-refractivity contribution in [1.29, 1.82) is 0 Å². The zero-order valence-electron chi connectivity index (χ0n) is 13.2. The lowest BCUT2D eigenvalue weighted by Crippen LogP contribution is -2.41. The molecule has 0 radical (unpaired) electrons. The Labute approximate surface area is 135 Å². The fourth-order valence-corrected chi connectivity index (χ4v) is 2.60. The van der Waals surface area contributed by atoms with Crippen LogP contribution in [0.25, 0.3) is 0 Å². The molecule has 2 aromatic carbocycles. The molecule has 23 heavy (non-hydrogen) atoms. The van der Waals surface area contributed by atoms with Crippen molar-refractivity contribution in [3.05, 3.63) is 53.6 Å². The molecule has 2 aromatic rings. The zero-order valence-corrected chi connectivity index (χ0v) is 13.2. The number of benzene rings is 2. The average Bonchev–Trinajstić information content (AvgIpc) is 2.56. The normalized spacial score (nSPS) is 16.0. The van der Waals surface area contributed by atoms with Gasteiger partial charge in [-0.25, -0.2) is 0 Å². The lowest BCUT2D eigenvalue weighted by Gasteiger charge is -2.29. The van der Waals surface area contributed by atoms with Gasteiger partial charge in [0.2, 0.25) is 0 Å². The van der Waals surface area contributed by atoms with Crippen LogP contribution in [0, 0.1) is 6.92 Å². The van der Waals surface area contributed by atoms with Crippen molar-refractivity contribution in [2.75, 3.05) is 20.2 Å². The fraction of sp³-hybridized carbons (Fsp3) is 0.278. The summed E-state index contributed by atoms with van der Waals surface area (Å²) in [6.07, 6.45) is -0.225. The molecule has 0 saturated heterocycles. The van der Waals surface area contributed by atoms with E-state index in [2.05, 4.69) is 0 Å². The highest BCUT2D eigenvalue weighted by molar-refractivity contribution is 5.96. The van der Waals surface area contributed by atoms with Gasteiger partial charge in [-0.15, -0.1) is 0 Å². The van der Waals surface area contributed by atoms with Crippen LogP contribution in [0.2, 0.25) is 0 Å². The minimum Gasteiger partial charge on any atom is -0.508 e. The van der Waals surface area contributed by atoms with Crippen LogP contribution in [-0.2, 0) is 0 Å². The number of carbonyl (C=O) groups excluding carboxylic acids is 1. The minimum absolute atomic E-state index is 0.121. The van der Waals surface area contributed by atoms with Crippen molar-refractivity contribution in [3.8, 4) is 17.2 Å². The fourth-order valence-electron chi connectivity index (χ4n) is 2.60. The number of fused-ring (bicyclic) bond motifs is 1. The van der Waals surface area contributed by atoms with Gasteiger partial charge in [-0.2, -0.15) is 0 Å². The summed E-state index contributed by atoms with van der Waals surface area (Å²) >= 11 is 0. The number of ether oxygens (including phenoxy) is 2. The van der Waals surface area contributed by atoms with Crippen molar-refractivity contribution in [1.82, 2.24) is 4.90 Å². The number of hydrogen-bond donors (Lipinski definition) is 1. The molecule has 0 unspecified atom stereocenters. The van der Waals surface area contributed by atoms with Crippen LogP contribution in [-0.4, -0.2) is 42.2 Å². The van der Waals surface area contributed by atoms with Crippen LogP contribution in [0.5, 0.6) is 17.2 Å². The van der Waals surface area contributed by atoms with E-state index in [-0.39, 0.29) is 17.8 Å². The molecular weight excluding hydrogens is 294 g/mol. The van der Waals surface area contributed by atoms with Crippen molar-refractivity contribution in [3.63, 3.8) is 0 Å². The number of phenols is 1. The molecule has 0 saturated carbocycles. The van der Waals surface area contributed by atoms with Crippen molar-refractivity contribution < 1.29 is 19.4 Å². The first-order valence-electron chi connectivity index (χ1n) is 7.49. The number of amides is 1. The maximum atomic E-state index is 12.6. The van der Waals surface area contributed by atoms with Gasteiger partial charge in [-0.3, -0.25) is 4.79 Å². The number of hydrogen-bond acceptors (Lipinski definition) is 4. The maximum Gasteiger partial charge on any atom is 0.254 e. The zero-order chi connectivity index (χ0) is 16.4. The highest BCUT2D eigenvalue weighted by Gasteiger charge is 2.25. The topological polar surface area (TPSA) is 59.0 Å². The van der Waals surface area contributed by atoms with Crippen LogP contribution in [0.4, 0.5) is 0 Å².